The van der Waals surface area contributed by atoms with Crippen molar-refractivity contribution in [3.05, 3.63) is 25.3 Å². The summed E-state index contributed by atoms with van der Waals surface area (Å²) in [6, 6.07) is 1.34. The zero-order valence-corrected chi connectivity index (χ0v) is 8.29. The predicted octanol–water partition coefficient (Wildman–Crippen LogP) is 1.85. The Morgan fingerprint density at radius 2 is 2.27 bits per heavy atom. The molecule has 0 bridgehead atoms. The van der Waals surface area contributed by atoms with E-state index in [-0.39, 0.29) is 5.58 Å². The second-order valence-electron chi connectivity index (χ2n) is 1.73. The van der Waals surface area contributed by atoms with Gasteiger partial charge >= 0.3 is 79.5 Å². The summed E-state index contributed by atoms with van der Waals surface area (Å²) in [5.41, 5.74) is 0.0127. The Hall–Kier alpha value is -0.295. The monoisotopic (exact) mass is 278 g/mol. The molecule has 1 aromatic heterocycles. The summed E-state index contributed by atoms with van der Waals surface area (Å²) in [6.45, 7) is 1.34. The molecule has 0 atom stereocenters. The van der Waals surface area contributed by atoms with Crippen molar-refractivity contribution in [1.29, 1.82) is 0 Å². The number of hydrogen-bond acceptors (Lipinski definition) is 3. The summed E-state index contributed by atoms with van der Waals surface area (Å²) in [6.07, 6.45) is 0. The number of aromatic nitrogens is 1. The van der Waals surface area contributed by atoms with E-state index in [4.69, 9.17) is 0 Å². The standard InChI is InChI=1S/C4HBBr2N2O2/c6-3-1-2(9(10)11)5-4(7)8-3/h1H. The van der Waals surface area contributed by atoms with Gasteiger partial charge < -0.3 is 0 Å². The molecule has 0 radical (unpaired) electrons. The third-order valence-corrected chi connectivity index (χ3v) is 1.77. The summed E-state index contributed by atoms with van der Waals surface area (Å²) in [7, 11) is 0. The third kappa shape index (κ3) is 2.34. The Morgan fingerprint density at radius 3 is 2.73 bits per heavy atom. The summed E-state index contributed by atoms with van der Waals surface area (Å²) < 4.78 is 0.886. The van der Waals surface area contributed by atoms with E-state index >= 15 is 0 Å². The Balaban J connectivity index is 3.19. The molecule has 0 unspecified atom stereocenters. The molecule has 1 heterocycles. The summed E-state index contributed by atoms with van der Waals surface area (Å²) in [5.74, 6) is 0. The van der Waals surface area contributed by atoms with E-state index in [1.807, 2.05) is 0 Å². The van der Waals surface area contributed by atoms with Crippen molar-refractivity contribution >= 4 is 44.4 Å². The molecule has 0 saturated carbocycles. The maximum atomic E-state index is 10.2. The van der Waals surface area contributed by atoms with E-state index in [1.165, 1.54) is 13.0 Å². The van der Waals surface area contributed by atoms with Gasteiger partial charge in [0, 0.05) is 0 Å². The van der Waals surface area contributed by atoms with Gasteiger partial charge in [-0.2, -0.15) is 0 Å². The molecule has 1 aromatic rings. The quantitative estimate of drug-likeness (QED) is 0.582. The Labute approximate surface area is 79.6 Å². The van der Waals surface area contributed by atoms with E-state index < -0.39 is 4.92 Å². The molecule has 0 aromatic carbocycles. The van der Waals surface area contributed by atoms with Gasteiger partial charge in [0.2, 0.25) is 0 Å². The van der Waals surface area contributed by atoms with Crippen LogP contribution >= 0.6 is 31.9 Å². The number of rotatable bonds is 1. The van der Waals surface area contributed by atoms with E-state index in [0.29, 0.717) is 9.10 Å². The fourth-order valence-electron chi connectivity index (χ4n) is 0.558. The second-order valence-corrected chi connectivity index (χ2v) is 3.35. The first kappa shape index (κ1) is 8.80. The van der Waals surface area contributed by atoms with Crippen molar-refractivity contribution < 1.29 is 4.92 Å². The number of halogens is 2. The average Bonchev–Trinajstić information content (AvgIpc) is 1.85. The van der Waals surface area contributed by atoms with E-state index in [1.54, 1.807) is 0 Å². The zero-order valence-electron chi connectivity index (χ0n) is 5.12. The van der Waals surface area contributed by atoms with Crippen molar-refractivity contribution in [2.45, 2.75) is 0 Å². The van der Waals surface area contributed by atoms with Crippen molar-refractivity contribution in [3.63, 3.8) is 0 Å². The molecule has 0 amide bonds. The van der Waals surface area contributed by atoms with Crippen LogP contribution in [0.3, 0.4) is 0 Å². The summed E-state index contributed by atoms with van der Waals surface area (Å²) in [4.78, 5) is 13.6. The first-order valence-corrected chi connectivity index (χ1v) is 4.15. The van der Waals surface area contributed by atoms with Gasteiger partial charge in [0.1, 0.15) is 0 Å². The van der Waals surface area contributed by atoms with Crippen LogP contribution in [0.2, 0.25) is 0 Å². The van der Waals surface area contributed by atoms with Crippen LogP contribution in [0.15, 0.2) is 15.2 Å². The van der Waals surface area contributed by atoms with Gasteiger partial charge in [-0.15, -0.1) is 0 Å². The first-order chi connectivity index (χ1) is 5.09. The molecule has 4 nitrogen and oxygen atoms in total. The van der Waals surface area contributed by atoms with Gasteiger partial charge in [0.15, 0.2) is 0 Å². The molecular weight excluding hydrogens is 279 g/mol. The molecule has 11 heavy (non-hydrogen) atoms. The van der Waals surface area contributed by atoms with Crippen LogP contribution in [0.25, 0.3) is 0 Å². The van der Waals surface area contributed by atoms with Crippen LogP contribution < -0.4 is 0 Å². The maximum absolute atomic E-state index is 10.2. The molecule has 0 fully saturated rings. The van der Waals surface area contributed by atoms with Crippen molar-refractivity contribution in [2.75, 3.05) is 0 Å². The predicted molar refractivity (Wildman–Crippen MR) is 47.6 cm³/mol. The van der Waals surface area contributed by atoms with Crippen LogP contribution in [0.4, 0.5) is 5.58 Å². The van der Waals surface area contributed by atoms with Gasteiger partial charge in [0.05, 0.1) is 0 Å². The molecule has 0 aliphatic heterocycles. The molecule has 0 spiro atoms. The fourth-order valence-corrected chi connectivity index (χ4v) is 1.65. The first-order valence-electron chi connectivity index (χ1n) is 2.57. The SMILES string of the molecule is O=[N+]([O-])c1bc(Br)nc(Br)c1. The molecule has 0 saturated heterocycles. The topological polar surface area (TPSA) is 56.0 Å². The Kier molecular flexibility index (Phi) is 2.72. The molecule has 0 N–H and O–H groups in total. The normalized spacial score (nSPS) is 9.27. The zero-order chi connectivity index (χ0) is 8.43. The van der Waals surface area contributed by atoms with Crippen molar-refractivity contribution in [1.82, 2.24) is 4.98 Å². The van der Waals surface area contributed by atoms with Crippen molar-refractivity contribution in [3.8, 4) is 0 Å². The van der Waals surface area contributed by atoms with Gasteiger partial charge in [-0.05, 0) is 0 Å². The second kappa shape index (κ2) is 3.40. The Morgan fingerprint density at radius 1 is 1.64 bits per heavy atom. The van der Waals surface area contributed by atoms with Crippen LogP contribution in [0.1, 0.15) is 0 Å². The minimum absolute atomic E-state index is 0.0127. The number of nitro groups is 1. The molecule has 1 rings (SSSR count). The van der Waals surface area contributed by atoms with E-state index in [9.17, 15) is 10.1 Å². The number of hydrogen-bond donors (Lipinski definition) is 0. The Bertz CT molecular complexity index is 286. The molecule has 0 aliphatic carbocycles. The van der Waals surface area contributed by atoms with Gasteiger partial charge in [-0.1, -0.05) is 0 Å². The molecule has 7 heteroatoms. The van der Waals surface area contributed by atoms with Gasteiger partial charge in [-0.3, -0.25) is 0 Å². The molecule has 56 valence electrons. The van der Waals surface area contributed by atoms with E-state index in [0.717, 1.165) is 0 Å². The van der Waals surface area contributed by atoms with Crippen LogP contribution in [-0.2, 0) is 0 Å². The van der Waals surface area contributed by atoms with Gasteiger partial charge in [-0.25, -0.2) is 0 Å². The van der Waals surface area contributed by atoms with Crippen LogP contribution in [-0.4, -0.2) is 16.8 Å². The number of nitrogens with zero attached hydrogens (tertiary/aromatic N) is 2. The molecular formula is C4HBBr2N2O2. The fraction of sp³-hybridized carbons (Fsp3) is 0. The summed E-state index contributed by atoms with van der Waals surface area (Å²) >= 11 is 6.07. The van der Waals surface area contributed by atoms with E-state index in [2.05, 4.69) is 36.8 Å². The average molecular weight is 280 g/mol. The molecule has 0 aliphatic rings. The van der Waals surface area contributed by atoms with Crippen LogP contribution in [0, 0.1) is 10.1 Å². The summed E-state index contributed by atoms with van der Waals surface area (Å²) in [5, 5.41) is 10.2. The van der Waals surface area contributed by atoms with Gasteiger partial charge in [0.25, 0.3) is 0 Å². The van der Waals surface area contributed by atoms with Crippen molar-refractivity contribution in [2.24, 2.45) is 0 Å². The van der Waals surface area contributed by atoms with Crippen LogP contribution in [0.5, 0.6) is 0 Å². The minimum atomic E-state index is -0.475. The third-order valence-electron chi connectivity index (χ3n) is 0.958.